The summed E-state index contributed by atoms with van der Waals surface area (Å²) < 4.78 is 0.971. The Balaban J connectivity index is 2.05. The lowest BCUT2D eigenvalue weighted by Crippen LogP contribution is -2.24. The quantitative estimate of drug-likeness (QED) is 0.795. The molecule has 2 N–H and O–H groups in total. The number of fused-ring (bicyclic) bond motifs is 1. The molecule has 0 spiro atoms. The molecule has 1 atom stereocenters. The van der Waals surface area contributed by atoms with Crippen molar-refractivity contribution in [1.82, 2.24) is 4.98 Å². The van der Waals surface area contributed by atoms with Crippen LogP contribution in [0.3, 0.4) is 0 Å². The van der Waals surface area contributed by atoms with E-state index < -0.39 is 0 Å². The van der Waals surface area contributed by atoms with E-state index in [9.17, 15) is 0 Å². The molecule has 0 amide bonds. The Morgan fingerprint density at radius 3 is 3.00 bits per heavy atom. The predicted molar refractivity (Wildman–Crippen MR) is 89.1 cm³/mol. The molecular formula is C16H20BrN3. The largest absolute Gasteiger partial charge is 0.398 e. The van der Waals surface area contributed by atoms with Gasteiger partial charge < -0.3 is 10.6 Å². The Bertz CT molecular complexity index is 626. The molecule has 20 heavy (non-hydrogen) atoms. The molecule has 0 radical (unpaired) electrons. The molecule has 1 aliphatic heterocycles. The summed E-state index contributed by atoms with van der Waals surface area (Å²) in [6.45, 7) is 4.57. The lowest BCUT2D eigenvalue weighted by molar-refractivity contribution is 0.521. The molecule has 106 valence electrons. The number of benzene rings is 1. The zero-order valence-electron chi connectivity index (χ0n) is 11.8. The van der Waals surface area contributed by atoms with Crippen LogP contribution < -0.4 is 10.6 Å². The van der Waals surface area contributed by atoms with Crippen molar-refractivity contribution in [3.63, 3.8) is 0 Å². The second-order valence-corrected chi connectivity index (χ2v) is 6.66. The normalized spacial score (nSPS) is 20.1. The summed E-state index contributed by atoms with van der Waals surface area (Å²) in [6.07, 6.45) is 5.68. The summed E-state index contributed by atoms with van der Waals surface area (Å²) >= 11 is 3.48. The van der Waals surface area contributed by atoms with E-state index in [0.29, 0.717) is 0 Å². The van der Waals surface area contributed by atoms with Gasteiger partial charge in [-0.2, -0.15) is 0 Å². The summed E-state index contributed by atoms with van der Waals surface area (Å²) in [5.41, 5.74) is 9.12. The first kappa shape index (κ1) is 13.7. The second kappa shape index (κ2) is 5.60. The topological polar surface area (TPSA) is 42.1 Å². The van der Waals surface area contributed by atoms with Crippen LogP contribution in [-0.2, 0) is 0 Å². The number of pyridine rings is 1. The van der Waals surface area contributed by atoms with E-state index in [2.05, 4.69) is 44.9 Å². The highest BCUT2D eigenvalue weighted by Crippen LogP contribution is 2.32. The van der Waals surface area contributed by atoms with E-state index in [1.165, 1.54) is 24.9 Å². The number of nitrogens with zero attached hydrogens (tertiary/aromatic N) is 2. The lowest BCUT2D eigenvalue weighted by atomic mass is 10.0. The minimum absolute atomic E-state index is 0.792. The van der Waals surface area contributed by atoms with Crippen molar-refractivity contribution in [1.29, 1.82) is 0 Å². The minimum atomic E-state index is 0.792. The first-order valence-corrected chi connectivity index (χ1v) is 8.03. The molecule has 4 heteroatoms. The van der Waals surface area contributed by atoms with Crippen molar-refractivity contribution in [3.8, 4) is 0 Å². The number of aromatic nitrogens is 1. The van der Waals surface area contributed by atoms with Crippen LogP contribution in [0.2, 0.25) is 0 Å². The number of hydrogen-bond acceptors (Lipinski definition) is 3. The number of hydrogen-bond donors (Lipinski definition) is 1. The molecule has 1 unspecified atom stereocenters. The van der Waals surface area contributed by atoms with Gasteiger partial charge in [-0.05, 0) is 59.3 Å². The smallest absolute Gasteiger partial charge is 0.0956 e. The van der Waals surface area contributed by atoms with Gasteiger partial charge in [0.25, 0.3) is 0 Å². The molecule has 2 heterocycles. The summed E-state index contributed by atoms with van der Waals surface area (Å²) in [6, 6.07) is 6.18. The van der Waals surface area contributed by atoms with Crippen LogP contribution in [0.5, 0.6) is 0 Å². The van der Waals surface area contributed by atoms with Crippen LogP contribution in [0.1, 0.15) is 26.2 Å². The maximum Gasteiger partial charge on any atom is 0.0956 e. The first-order valence-electron chi connectivity index (χ1n) is 7.24. The molecule has 1 aromatic carbocycles. The van der Waals surface area contributed by atoms with Crippen molar-refractivity contribution < 1.29 is 0 Å². The highest BCUT2D eigenvalue weighted by atomic mass is 79.9. The van der Waals surface area contributed by atoms with Crippen molar-refractivity contribution >= 4 is 38.2 Å². The molecule has 0 saturated carbocycles. The molecule has 1 saturated heterocycles. The fraction of sp³-hybridized carbons (Fsp3) is 0.438. The van der Waals surface area contributed by atoms with Crippen molar-refractivity contribution in [2.24, 2.45) is 5.92 Å². The zero-order chi connectivity index (χ0) is 14.1. The first-order chi connectivity index (χ1) is 9.65. The van der Waals surface area contributed by atoms with E-state index in [4.69, 9.17) is 5.73 Å². The molecule has 0 aliphatic carbocycles. The molecule has 1 aliphatic rings. The number of rotatable bonds is 1. The third-order valence-corrected chi connectivity index (χ3v) is 4.62. The maximum atomic E-state index is 6.10. The third kappa shape index (κ3) is 2.62. The number of anilines is 2. The third-order valence-electron chi connectivity index (χ3n) is 4.19. The molecule has 3 nitrogen and oxygen atoms in total. The van der Waals surface area contributed by atoms with Crippen molar-refractivity contribution in [2.45, 2.75) is 26.2 Å². The van der Waals surface area contributed by atoms with Gasteiger partial charge in [-0.25, -0.2) is 0 Å². The number of nitrogens with two attached hydrogens (primary N) is 1. The molecule has 1 aromatic heterocycles. The van der Waals surface area contributed by atoms with Gasteiger partial charge in [-0.3, -0.25) is 4.98 Å². The van der Waals surface area contributed by atoms with Gasteiger partial charge in [0, 0.05) is 34.8 Å². The van der Waals surface area contributed by atoms with Gasteiger partial charge >= 0.3 is 0 Å². The van der Waals surface area contributed by atoms with E-state index >= 15 is 0 Å². The Kier molecular flexibility index (Phi) is 3.83. The number of halogens is 1. The Hall–Kier alpha value is -1.29. The summed E-state index contributed by atoms with van der Waals surface area (Å²) in [5, 5.41) is 1.04. The molecule has 3 rings (SSSR count). The Morgan fingerprint density at radius 2 is 2.15 bits per heavy atom. The lowest BCUT2D eigenvalue weighted by Gasteiger charge is -2.24. The molecular weight excluding hydrogens is 314 g/mol. The average molecular weight is 334 g/mol. The van der Waals surface area contributed by atoms with Gasteiger partial charge in [-0.15, -0.1) is 0 Å². The van der Waals surface area contributed by atoms with Gasteiger partial charge in [0.05, 0.1) is 11.2 Å². The SMILES string of the molecule is CC1CCCN(c2ccc(N)c3cc(Br)cnc23)CC1. The fourth-order valence-electron chi connectivity index (χ4n) is 2.96. The Labute approximate surface area is 128 Å². The highest BCUT2D eigenvalue weighted by Gasteiger charge is 2.17. The molecule has 0 bridgehead atoms. The highest BCUT2D eigenvalue weighted by molar-refractivity contribution is 9.10. The van der Waals surface area contributed by atoms with Gasteiger partial charge in [0.1, 0.15) is 0 Å². The summed E-state index contributed by atoms with van der Waals surface area (Å²) in [7, 11) is 0. The van der Waals surface area contributed by atoms with E-state index in [0.717, 1.165) is 40.1 Å². The minimum Gasteiger partial charge on any atom is -0.398 e. The van der Waals surface area contributed by atoms with Crippen LogP contribution in [0.15, 0.2) is 28.9 Å². The van der Waals surface area contributed by atoms with Gasteiger partial charge in [-0.1, -0.05) is 6.92 Å². The predicted octanol–water partition coefficient (Wildman–Crippen LogP) is 4.21. The monoisotopic (exact) mass is 333 g/mol. The molecule has 2 aromatic rings. The van der Waals surface area contributed by atoms with E-state index in [1.54, 1.807) is 0 Å². The van der Waals surface area contributed by atoms with Crippen LogP contribution in [0.4, 0.5) is 11.4 Å². The van der Waals surface area contributed by atoms with E-state index in [1.807, 2.05) is 12.3 Å². The zero-order valence-corrected chi connectivity index (χ0v) is 13.4. The van der Waals surface area contributed by atoms with Crippen molar-refractivity contribution in [3.05, 3.63) is 28.9 Å². The van der Waals surface area contributed by atoms with Crippen molar-refractivity contribution in [2.75, 3.05) is 23.7 Å². The standard InChI is InChI=1S/C16H20BrN3/c1-11-3-2-7-20(8-6-11)15-5-4-14(18)13-9-12(17)10-19-16(13)15/h4-5,9-11H,2-3,6-8,18H2,1H3. The van der Waals surface area contributed by atoms with Crippen LogP contribution in [-0.4, -0.2) is 18.1 Å². The summed E-state index contributed by atoms with van der Waals surface area (Å²) in [5.74, 6) is 0.821. The van der Waals surface area contributed by atoms with Crippen LogP contribution in [0, 0.1) is 5.92 Å². The van der Waals surface area contributed by atoms with Crippen LogP contribution >= 0.6 is 15.9 Å². The summed E-state index contributed by atoms with van der Waals surface area (Å²) in [4.78, 5) is 7.06. The second-order valence-electron chi connectivity index (χ2n) is 5.75. The van der Waals surface area contributed by atoms with Crippen LogP contribution in [0.25, 0.3) is 10.9 Å². The number of nitrogen functional groups attached to an aromatic ring is 1. The fourth-order valence-corrected chi connectivity index (χ4v) is 3.29. The Morgan fingerprint density at radius 1 is 1.30 bits per heavy atom. The average Bonchev–Trinajstić information content (AvgIpc) is 2.65. The maximum absolute atomic E-state index is 6.10. The molecule has 1 fully saturated rings. The van der Waals surface area contributed by atoms with Gasteiger partial charge in [0.15, 0.2) is 0 Å². The van der Waals surface area contributed by atoms with Gasteiger partial charge in [0.2, 0.25) is 0 Å². The van der Waals surface area contributed by atoms with E-state index in [-0.39, 0.29) is 0 Å².